The highest BCUT2D eigenvalue weighted by Gasteiger charge is 2.45. The molecule has 2 aromatic rings. The van der Waals surface area contributed by atoms with Crippen LogP contribution in [0.2, 0.25) is 0 Å². The van der Waals surface area contributed by atoms with Crippen LogP contribution in [0.15, 0.2) is 41.8 Å². The highest BCUT2D eigenvalue weighted by atomic mass is 32.2. The van der Waals surface area contributed by atoms with Gasteiger partial charge >= 0.3 is 0 Å². The van der Waals surface area contributed by atoms with E-state index in [1.807, 2.05) is 0 Å². The number of imidazole rings is 1. The van der Waals surface area contributed by atoms with Crippen LogP contribution >= 0.6 is 0 Å². The Morgan fingerprint density at radius 2 is 1.96 bits per heavy atom. The molecule has 0 unspecified atom stereocenters. The first-order chi connectivity index (χ1) is 12.7. The van der Waals surface area contributed by atoms with Crippen molar-refractivity contribution < 1.29 is 22.4 Å². The van der Waals surface area contributed by atoms with Gasteiger partial charge in [-0.15, -0.1) is 0 Å². The molecule has 0 radical (unpaired) electrons. The largest absolute Gasteiger partial charge is 0.339 e. The van der Waals surface area contributed by atoms with Crippen molar-refractivity contribution in [1.29, 1.82) is 0 Å². The third-order valence-electron chi connectivity index (χ3n) is 4.77. The van der Waals surface area contributed by atoms with Crippen LogP contribution < -0.4 is 0 Å². The number of amides is 1. The van der Waals surface area contributed by atoms with Crippen LogP contribution in [0.1, 0.15) is 11.5 Å². The average Bonchev–Trinajstić information content (AvgIpc) is 3.28. The van der Waals surface area contributed by atoms with Crippen molar-refractivity contribution in [3.8, 4) is 0 Å². The van der Waals surface area contributed by atoms with E-state index >= 15 is 0 Å². The van der Waals surface area contributed by atoms with Crippen LogP contribution in [0.25, 0.3) is 0 Å². The number of hydrogen-bond donors (Lipinski definition) is 0. The molecule has 1 aromatic carbocycles. The standard InChI is InChI=1S/C17H21FN4O4S/c1-20-10-16(19-11-20)27(24,25)22-8-14(12-4-6-13(18)7-5-12)15(9-22)17(23)21(2)26-3/h4-7,10-11,14-15H,8-9H2,1-3H3/t14-,15+/m0/s1. The smallest absolute Gasteiger partial charge is 0.262 e. The second kappa shape index (κ2) is 7.37. The SMILES string of the molecule is CON(C)C(=O)[C@@H]1CN(S(=O)(=O)c2cn(C)cn2)C[C@H]1c1ccc(F)cc1. The number of sulfonamides is 1. The Morgan fingerprint density at radius 1 is 1.30 bits per heavy atom. The Labute approximate surface area is 157 Å². The summed E-state index contributed by atoms with van der Waals surface area (Å²) in [4.78, 5) is 21.6. The molecule has 1 fully saturated rings. The van der Waals surface area contributed by atoms with Gasteiger partial charge in [-0.1, -0.05) is 12.1 Å². The maximum atomic E-state index is 13.3. The molecule has 0 N–H and O–H groups in total. The molecule has 8 nitrogen and oxygen atoms in total. The molecule has 27 heavy (non-hydrogen) atoms. The van der Waals surface area contributed by atoms with Gasteiger partial charge in [0.25, 0.3) is 15.9 Å². The maximum Gasteiger partial charge on any atom is 0.262 e. The van der Waals surface area contributed by atoms with Gasteiger partial charge in [0.15, 0.2) is 5.03 Å². The van der Waals surface area contributed by atoms with Crippen molar-refractivity contribution in [3.63, 3.8) is 0 Å². The molecule has 1 saturated heterocycles. The Bertz CT molecular complexity index is 929. The van der Waals surface area contributed by atoms with Crippen LogP contribution in [0.5, 0.6) is 0 Å². The van der Waals surface area contributed by atoms with Crippen LogP contribution in [0, 0.1) is 11.7 Å². The van der Waals surface area contributed by atoms with Gasteiger partial charge in [-0.25, -0.2) is 22.9 Å². The summed E-state index contributed by atoms with van der Waals surface area (Å²) >= 11 is 0. The van der Waals surface area contributed by atoms with Crippen LogP contribution in [-0.4, -0.2) is 60.5 Å². The zero-order valence-electron chi connectivity index (χ0n) is 15.2. The first-order valence-corrected chi connectivity index (χ1v) is 9.73. The predicted molar refractivity (Wildman–Crippen MR) is 94.4 cm³/mol. The van der Waals surface area contributed by atoms with Crippen LogP contribution in [-0.2, 0) is 26.7 Å². The van der Waals surface area contributed by atoms with Gasteiger partial charge in [0.1, 0.15) is 5.82 Å². The lowest BCUT2D eigenvalue weighted by Crippen LogP contribution is -2.36. The number of hydroxylamine groups is 2. The van der Waals surface area contributed by atoms with Crippen LogP contribution in [0.3, 0.4) is 0 Å². The van der Waals surface area contributed by atoms with E-state index in [1.165, 1.54) is 43.1 Å². The summed E-state index contributed by atoms with van der Waals surface area (Å²) < 4.78 is 41.9. The van der Waals surface area contributed by atoms with E-state index in [9.17, 15) is 17.6 Å². The second-order valence-electron chi connectivity index (χ2n) is 6.48. The summed E-state index contributed by atoms with van der Waals surface area (Å²) in [6.45, 7) is 0.0893. The molecule has 0 saturated carbocycles. The molecule has 3 rings (SSSR count). The van der Waals surface area contributed by atoms with Crippen molar-refractivity contribution in [1.82, 2.24) is 18.9 Å². The highest BCUT2D eigenvalue weighted by Crippen LogP contribution is 2.36. The van der Waals surface area contributed by atoms with Gasteiger partial charge in [-0.2, -0.15) is 4.31 Å². The molecular formula is C17H21FN4O4S. The molecule has 146 valence electrons. The number of hydrogen-bond acceptors (Lipinski definition) is 5. The number of aromatic nitrogens is 2. The fourth-order valence-corrected chi connectivity index (χ4v) is 4.70. The van der Waals surface area contributed by atoms with E-state index < -0.39 is 27.7 Å². The third kappa shape index (κ3) is 3.73. The minimum Gasteiger partial charge on any atom is -0.339 e. The summed E-state index contributed by atoms with van der Waals surface area (Å²) in [6.07, 6.45) is 2.82. The van der Waals surface area contributed by atoms with E-state index in [2.05, 4.69) is 4.98 Å². The Morgan fingerprint density at radius 3 is 2.52 bits per heavy atom. The van der Waals surface area contributed by atoms with Crippen molar-refractivity contribution in [2.75, 3.05) is 27.2 Å². The number of rotatable bonds is 5. The van der Waals surface area contributed by atoms with Gasteiger partial charge in [0.05, 0.1) is 19.4 Å². The summed E-state index contributed by atoms with van der Waals surface area (Å²) in [5.74, 6) is -1.81. The predicted octanol–water partition coefficient (Wildman–Crippen LogP) is 0.983. The second-order valence-corrected chi connectivity index (χ2v) is 8.37. The van der Waals surface area contributed by atoms with Crippen LogP contribution in [0.4, 0.5) is 4.39 Å². The molecular weight excluding hydrogens is 375 g/mol. The van der Waals surface area contributed by atoms with Gasteiger partial charge < -0.3 is 4.57 Å². The zero-order valence-corrected chi connectivity index (χ0v) is 16.1. The fraction of sp³-hybridized carbons (Fsp3) is 0.412. The molecule has 0 spiro atoms. The number of halogens is 1. The zero-order chi connectivity index (χ0) is 19.8. The number of carbonyl (C=O) groups excluding carboxylic acids is 1. The Hall–Kier alpha value is -2.30. The van der Waals surface area contributed by atoms with Gasteiger partial charge in [0.2, 0.25) is 0 Å². The molecule has 1 aliphatic heterocycles. The lowest BCUT2D eigenvalue weighted by molar-refractivity contribution is -0.173. The van der Waals surface area contributed by atoms with E-state index in [4.69, 9.17) is 4.84 Å². The van der Waals surface area contributed by atoms with E-state index in [1.54, 1.807) is 23.7 Å². The van der Waals surface area contributed by atoms with E-state index in [0.717, 1.165) is 5.06 Å². The van der Waals surface area contributed by atoms with Crippen molar-refractivity contribution in [3.05, 3.63) is 48.2 Å². The first-order valence-electron chi connectivity index (χ1n) is 8.29. The lowest BCUT2D eigenvalue weighted by atomic mass is 9.88. The van der Waals surface area contributed by atoms with Gasteiger partial charge in [-0.05, 0) is 17.7 Å². The average molecular weight is 396 g/mol. The molecule has 2 heterocycles. The molecule has 1 amide bonds. The normalized spacial score (nSPS) is 20.7. The number of aryl methyl sites for hydroxylation is 1. The number of benzene rings is 1. The molecule has 2 atom stereocenters. The van der Waals surface area contributed by atoms with E-state index in [0.29, 0.717) is 5.56 Å². The fourth-order valence-electron chi connectivity index (χ4n) is 3.24. The molecule has 0 aliphatic carbocycles. The highest BCUT2D eigenvalue weighted by molar-refractivity contribution is 7.89. The first kappa shape index (κ1) is 19.5. The molecule has 1 aliphatic rings. The van der Waals surface area contributed by atoms with Gasteiger partial charge in [-0.3, -0.25) is 9.63 Å². The minimum absolute atomic E-state index is 0.00646. The molecule has 0 bridgehead atoms. The third-order valence-corrected chi connectivity index (χ3v) is 6.49. The summed E-state index contributed by atoms with van der Waals surface area (Å²) in [7, 11) is 0.663. The maximum absolute atomic E-state index is 13.3. The molecule has 10 heteroatoms. The Kier molecular flexibility index (Phi) is 5.31. The minimum atomic E-state index is -3.85. The van der Waals surface area contributed by atoms with Gasteiger partial charge in [0, 0.05) is 39.3 Å². The van der Waals surface area contributed by atoms with E-state index in [-0.39, 0.29) is 24.0 Å². The Balaban J connectivity index is 1.95. The summed E-state index contributed by atoms with van der Waals surface area (Å²) in [5, 5.41) is 1.01. The topological polar surface area (TPSA) is 84.7 Å². The quantitative estimate of drug-likeness (QED) is 0.704. The van der Waals surface area contributed by atoms with Crippen molar-refractivity contribution in [2.24, 2.45) is 13.0 Å². The van der Waals surface area contributed by atoms with Crippen molar-refractivity contribution in [2.45, 2.75) is 10.9 Å². The summed E-state index contributed by atoms with van der Waals surface area (Å²) in [5.41, 5.74) is 0.693. The molecule has 1 aromatic heterocycles. The van der Waals surface area contributed by atoms with Crippen molar-refractivity contribution >= 4 is 15.9 Å². The monoisotopic (exact) mass is 396 g/mol. The lowest BCUT2D eigenvalue weighted by Gasteiger charge is -2.22. The number of nitrogens with zero attached hydrogens (tertiary/aromatic N) is 4. The number of carbonyl (C=O) groups is 1. The summed E-state index contributed by atoms with van der Waals surface area (Å²) in [6, 6.07) is 5.74.